The smallest absolute Gasteiger partial charge is 0.317 e. The molecule has 3 aromatic heterocycles. The molecule has 1 aliphatic rings. The molecule has 1 atom stereocenters. The second-order valence-electron chi connectivity index (χ2n) is 8.94. The molecule has 5 aromatic rings. The Labute approximate surface area is 227 Å². The van der Waals surface area contributed by atoms with E-state index in [1.54, 1.807) is 25.4 Å². The molecule has 0 bridgehead atoms. The normalized spacial score (nSPS) is 14.3. The molecule has 6 rings (SSSR count). The minimum Gasteiger partial charge on any atom is -0.402 e. The monoisotopic (exact) mass is 528 g/mol. The maximum Gasteiger partial charge on any atom is 0.317 e. The number of anilines is 2. The van der Waals surface area contributed by atoms with Gasteiger partial charge in [0, 0.05) is 47.8 Å². The third kappa shape index (κ3) is 4.61. The van der Waals surface area contributed by atoms with Gasteiger partial charge in [0.25, 0.3) is 11.8 Å². The van der Waals surface area contributed by atoms with Crippen LogP contribution in [0.25, 0.3) is 22.7 Å². The highest BCUT2D eigenvalue weighted by Crippen LogP contribution is 2.31. The molecule has 0 unspecified atom stereocenters. The highest BCUT2D eigenvalue weighted by Gasteiger charge is 2.27. The van der Waals surface area contributed by atoms with Gasteiger partial charge in [-0.2, -0.15) is 5.26 Å². The Morgan fingerprint density at radius 1 is 0.975 bits per heavy atom. The Bertz CT molecular complexity index is 1890. The summed E-state index contributed by atoms with van der Waals surface area (Å²) in [6.45, 7) is 0. The first kappa shape index (κ1) is 24.4. The zero-order valence-corrected chi connectivity index (χ0v) is 21.1. The van der Waals surface area contributed by atoms with Crippen LogP contribution in [0, 0.1) is 11.3 Å². The van der Waals surface area contributed by atoms with Crippen LogP contribution in [0.3, 0.4) is 0 Å². The molecule has 0 saturated heterocycles. The van der Waals surface area contributed by atoms with Gasteiger partial charge in [0.2, 0.25) is 11.7 Å². The highest BCUT2D eigenvalue weighted by atomic mass is 16.4. The molecule has 2 aromatic carbocycles. The number of nitrogens with zero attached hydrogens (tertiary/aromatic N) is 6. The molecule has 4 heterocycles. The van der Waals surface area contributed by atoms with Crippen LogP contribution < -0.4 is 16.2 Å². The number of carbonyl (C=O) groups is 1. The molecular formula is C29H20N8O3. The number of aryl methyl sites for hydroxylation is 1. The van der Waals surface area contributed by atoms with Crippen LogP contribution >= 0.6 is 0 Å². The lowest BCUT2D eigenvalue weighted by Gasteiger charge is -2.11. The summed E-state index contributed by atoms with van der Waals surface area (Å²) < 4.78 is 7.29. The van der Waals surface area contributed by atoms with Crippen molar-refractivity contribution < 1.29 is 9.21 Å². The number of aromatic nitrogens is 4. The zero-order valence-electron chi connectivity index (χ0n) is 21.1. The quantitative estimate of drug-likeness (QED) is 0.351. The first-order valence-corrected chi connectivity index (χ1v) is 12.2. The van der Waals surface area contributed by atoms with Crippen LogP contribution in [0.1, 0.15) is 16.7 Å². The number of hydrogen-bond acceptors (Lipinski definition) is 9. The number of benzodiazepines with no additional fused rings is 1. The van der Waals surface area contributed by atoms with Gasteiger partial charge < -0.3 is 19.6 Å². The summed E-state index contributed by atoms with van der Waals surface area (Å²) in [5.74, 6) is -0.346. The summed E-state index contributed by atoms with van der Waals surface area (Å²) in [5, 5.41) is 23.4. The largest absolute Gasteiger partial charge is 0.402 e. The van der Waals surface area contributed by atoms with Gasteiger partial charge in [-0.1, -0.05) is 53.6 Å². The van der Waals surface area contributed by atoms with Crippen molar-refractivity contribution in [2.45, 2.75) is 6.17 Å². The van der Waals surface area contributed by atoms with E-state index in [4.69, 9.17) is 9.41 Å². The Kier molecular flexibility index (Phi) is 6.18. The topological polar surface area (TPSA) is 151 Å². The van der Waals surface area contributed by atoms with Crippen molar-refractivity contribution in [2.24, 2.45) is 12.0 Å². The molecule has 194 valence electrons. The molecule has 0 spiro atoms. The molecule has 11 nitrogen and oxygen atoms in total. The Morgan fingerprint density at radius 2 is 1.77 bits per heavy atom. The van der Waals surface area contributed by atoms with Gasteiger partial charge in [0.1, 0.15) is 11.8 Å². The van der Waals surface area contributed by atoms with E-state index in [-0.39, 0.29) is 17.5 Å². The summed E-state index contributed by atoms with van der Waals surface area (Å²) in [6, 6.07) is 23.7. The number of nitrogens with one attached hydrogen (secondary N) is 2. The first-order chi connectivity index (χ1) is 19.5. The van der Waals surface area contributed by atoms with Crippen molar-refractivity contribution in [2.75, 3.05) is 10.6 Å². The van der Waals surface area contributed by atoms with Crippen molar-refractivity contribution >= 4 is 23.3 Å². The number of hydrogen-bond donors (Lipinski definition) is 2. The molecule has 1 aliphatic heterocycles. The number of amides is 1. The maximum atomic E-state index is 13.2. The average Bonchev–Trinajstić information content (AvgIpc) is 3.40. The fraction of sp³-hybridized carbons (Fsp3) is 0.0690. The van der Waals surface area contributed by atoms with Gasteiger partial charge in [-0.3, -0.25) is 9.59 Å². The van der Waals surface area contributed by atoms with Crippen LogP contribution in [0.4, 0.5) is 11.7 Å². The number of fused-ring (bicyclic) bond motifs is 1. The third-order valence-corrected chi connectivity index (χ3v) is 6.30. The molecule has 0 fully saturated rings. The third-order valence-electron chi connectivity index (χ3n) is 6.30. The Balaban J connectivity index is 1.37. The number of benzene rings is 2. The summed E-state index contributed by atoms with van der Waals surface area (Å²) in [4.78, 5) is 34.2. The maximum absolute atomic E-state index is 13.2. The van der Waals surface area contributed by atoms with Crippen LogP contribution in [0.2, 0.25) is 0 Å². The molecule has 0 saturated carbocycles. The van der Waals surface area contributed by atoms with Crippen molar-refractivity contribution in [3.8, 4) is 28.8 Å². The number of rotatable bonds is 5. The molecule has 40 heavy (non-hydrogen) atoms. The van der Waals surface area contributed by atoms with Gasteiger partial charge in [-0.05, 0) is 18.2 Å². The van der Waals surface area contributed by atoms with E-state index in [0.29, 0.717) is 33.8 Å². The predicted molar refractivity (Wildman–Crippen MR) is 147 cm³/mol. The van der Waals surface area contributed by atoms with E-state index in [1.165, 1.54) is 16.8 Å². The summed E-state index contributed by atoms with van der Waals surface area (Å²) in [7, 11) is 1.63. The lowest BCUT2D eigenvalue weighted by atomic mass is 10.0. The van der Waals surface area contributed by atoms with Crippen LogP contribution in [0.15, 0.2) is 99.4 Å². The van der Waals surface area contributed by atoms with E-state index in [0.717, 1.165) is 11.1 Å². The fourth-order valence-corrected chi connectivity index (χ4v) is 4.34. The number of nitriles is 1. The van der Waals surface area contributed by atoms with Gasteiger partial charge in [-0.15, -0.1) is 5.10 Å². The first-order valence-electron chi connectivity index (χ1n) is 12.2. The molecule has 2 N–H and O–H groups in total. The SMILES string of the molecule is Cn1cc(-c2cc(C#N)cnc2-c2nnc(N[C@H]3N=C(c4ccccc4)c4ccccc4NC3=O)o2)ccc1=O. The van der Waals surface area contributed by atoms with E-state index < -0.39 is 12.1 Å². The van der Waals surface area contributed by atoms with E-state index in [9.17, 15) is 14.9 Å². The zero-order chi connectivity index (χ0) is 27.6. The number of carbonyl (C=O) groups excluding carboxylic acids is 1. The number of pyridine rings is 2. The van der Waals surface area contributed by atoms with Gasteiger partial charge in [-0.25, -0.2) is 9.98 Å². The molecule has 11 heteroatoms. The lowest BCUT2D eigenvalue weighted by molar-refractivity contribution is -0.116. The number of aliphatic imine (C=N–C) groups is 1. The van der Waals surface area contributed by atoms with Gasteiger partial charge in [0.05, 0.1) is 17.0 Å². The summed E-state index contributed by atoms with van der Waals surface area (Å²) in [5.41, 5.74) is 4.48. The molecule has 0 aliphatic carbocycles. The summed E-state index contributed by atoms with van der Waals surface area (Å²) in [6.07, 6.45) is 1.95. The minimum absolute atomic E-state index is 0.0464. The van der Waals surface area contributed by atoms with Crippen LogP contribution in [-0.2, 0) is 11.8 Å². The second kappa shape index (κ2) is 10.1. The Morgan fingerprint density at radius 3 is 2.58 bits per heavy atom. The Hall–Kier alpha value is -5.89. The number of para-hydroxylation sites is 1. The van der Waals surface area contributed by atoms with E-state index in [2.05, 4.69) is 31.9 Å². The van der Waals surface area contributed by atoms with Crippen LogP contribution in [0.5, 0.6) is 0 Å². The molecule has 0 radical (unpaired) electrons. The average molecular weight is 529 g/mol. The standard InChI is InChI=1S/C29H20N8O3/c1-37-16-19(11-12-23(37)38)21-13-17(14-30)15-31-25(21)28-35-36-29(40-28)34-26-27(39)32-22-10-6-5-9-20(22)24(33-26)18-7-3-2-4-8-18/h2-13,15-16,26H,1H3,(H,32,39)(H,34,36)/t26-/m1/s1. The van der Waals surface area contributed by atoms with Crippen molar-refractivity contribution in [3.63, 3.8) is 0 Å². The van der Waals surface area contributed by atoms with E-state index in [1.807, 2.05) is 54.6 Å². The fourth-order valence-electron chi connectivity index (χ4n) is 4.34. The molecular weight excluding hydrogens is 508 g/mol. The lowest BCUT2D eigenvalue weighted by Crippen LogP contribution is -2.32. The van der Waals surface area contributed by atoms with Gasteiger partial charge >= 0.3 is 6.01 Å². The van der Waals surface area contributed by atoms with Crippen molar-refractivity contribution in [1.82, 2.24) is 19.7 Å². The predicted octanol–water partition coefficient (Wildman–Crippen LogP) is 3.60. The van der Waals surface area contributed by atoms with E-state index >= 15 is 0 Å². The van der Waals surface area contributed by atoms with Crippen LogP contribution in [-0.4, -0.2) is 37.5 Å². The highest BCUT2D eigenvalue weighted by molar-refractivity contribution is 6.19. The second-order valence-corrected chi connectivity index (χ2v) is 8.94. The van der Waals surface area contributed by atoms with Gasteiger partial charge in [0.15, 0.2) is 0 Å². The van der Waals surface area contributed by atoms with Crippen molar-refractivity contribution in [3.05, 3.63) is 112 Å². The summed E-state index contributed by atoms with van der Waals surface area (Å²) >= 11 is 0. The minimum atomic E-state index is -1.08. The van der Waals surface area contributed by atoms with Crippen molar-refractivity contribution in [1.29, 1.82) is 5.26 Å². The molecule has 1 amide bonds.